The molecule has 0 saturated heterocycles. The summed E-state index contributed by atoms with van der Waals surface area (Å²) in [6.45, 7) is 21.6. The Kier molecular flexibility index (Phi) is 11.7. The van der Waals surface area contributed by atoms with Gasteiger partial charge < -0.3 is 28.4 Å². The van der Waals surface area contributed by atoms with Crippen molar-refractivity contribution in [2.75, 3.05) is 41.7 Å². The third-order valence-electron chi connectivity index (χ3n) is 9.48. The topological polar surface area (TPSA) is 132 Å². The highest BCUT2D eigenvalue weighted by atomic mass is 32.2. The van der Waals surface area contributed by atoms with Crippen LogP contribution in [-0.2, 0) is 45.4 Å². The Morgan fingerprint density at radius 1 is 0.519 bits per heavy atom. The van der Waals surface area contributed by atoms with E-state index < -0.39 is 55.1 Å². The quantitative estimate of drug-likeness (QED) is 0.146. The third-order valence-corrected chi connectivity index (χ3v) is 14.0. The van der Waals surface area contributed by atoms with Crippen molar-refractivity contribution in [1.29, 1.82) is 0 Å². The molecule has 54 heavy (non-hydrogen) atoms. The number of nitrogens with zero attached hydrogens (tertiary/aromatic N) is 2. The Morgan fingerprint density at radius 2 is 0.815 bits per heavy atom. The molecule has 4 aromatic rings. The maximum Gasteiger partial charge on any atom is 0.341 e. The number of benzene rings is 4. The zero-order chi connectivity index (χ0) is 39.3. The van der Waals surface area contributed by atoms with Gasteiger partial charge in [-0.2, -0.15) is 0 Å². The molecule has 284 valence electrons. The summed E-state index contributed by atoms with van der Waals surface area (Å²) in [5, 5.41) is 0. The highest BCUT2D eigenvalue weighted by Crippen LogP contribution is 2.47. The van der Waals surface area contributed by atoms with Crippen LogP contribution in [0, 0.1) is 13.1 Å². The maximum absolute atomic E-state index is 14.9. The van der Waals surface area contributed by atoms with Gasteiger partial charge in [-0.1, -0.05) is 0 Å². The number of fused-ring (bicyclic) bond motifs is 4. The van der Waals surface area contributed by atoms with E-state index in [0.29, 0.717) is 24.7 Å². The van der Waals surface area contributed by atoms with Gasteiger partial charge in [0.15, 0.2) is 0 Å². The fourth-order valence-corrected chi connectivity index (χ4v) is 10.4. The number of rotatable bonds is 12. The molecule has 5 rings (SSSR count). The molecule has 0 aromatic heterocycles. The van der Waals surface area contributed by atoms with Gasteiger partial charge in [-0.05, 0) is 86.6 Å². The summed E-state index contributed by atoms with van der Waals surface area (Å²) in [5.74, 6) is 1.71. The second-order valence-corrected chi connectivity index (χ2v) is 17.1. The molecule has 0 fully saturated rings. The molecule has 1 aliphatic rings. The lowest BCUT2D eigenvalue weighted by molar-refractivity contribution is 0.340. The van der Waals surface area contributed by atoms with Crippen molar-refractivity contribution in [3.63, 3.8) is 0 Å². The van der Waals surface area contributed by atoms with Gasteiger partial charge in [-0.3, -0.25) is 9.69 Å². The maximum atomic E-state index is 14.9. The van der Waals surface area contributed by atoms with Gasteiger partial charge >= 0.3 is 9.74 Å². The first-order valence-corrected chi connectivity index (χ1v) is 20.0. The van der Waals surface area contributed by atoms with Crippen molar-refractivity contribution in [2.24, 2.45) is 0 Å². The Balaban J connectivity index is 1.86. The molecule has 0 amide bonds. The van der Waals surface area contributed by atoms with Crippen LogP contribution in [-0.4, -0.2) is 68.2 Å². The van der Waals surface area contributed by atoms with E-state index in [9.17, 15) is 16.8 Å². The van der Waals surface area contributed by atoms with Gasteiger partial charge in [0, 0.05) is 22.3 Å². The summed E-state index contributed by atoms with van der Waals surface area (Å²) in [6.07, 6.45) is -1.64. The van der Waals surface area contributed by atoms with E-state index in [-0.39, 0.29) is 55.0 Å². The smallest absolute Gasteiger partial charge is 0.341 e. The van der Waals surface area contributed by atoms with Crippen LogP contribution in [0.25, 0.3) is 9.69 Å². The average molecular weight is 775 g/mol. The zero-order valence-electron chi connectivity index (χ0n) is 31.0. The fraction of sp³-hybridized carbons (Fsp3) is 0.350. The summed E-state index contributed by atoms with van der Waals surface area (Å²) in [7, 11) is -3.42. The summed E-state index contributed by atoms with van der Waals surface area (Å²) in [5.41, 5.74) is 1.05. The molecule has 0 unspecified atom stereocenters. The summed E-state index contributed by atoms with van der Waals surface area (Å²) in [6, 6.07) is 18.0. The van der Waals surface area contributed by atoms with Gasteiger partial charge in [0.2, 0.25) is 0 Å². The van der Waals surface area contributed by atoms with E-state index in [1.165, 1.54) is 77.0 Å². The van der Waals surface area contributed by atoms with E-state index >= 15 is 0 Å². The minimum Gasteiger partial charge on any atom is -0.497 e. The van der Waals surface area contributed by atoms with Crippen molar-refractivity contribution in [2.45, 2.75) is 59.1 Å². The van der Waals surface area contributed by atoms with Crippen molar-refractivity contribution in [3.8, 4) is 34.5 Å². The molecule has 0 N–H and O–H groups in total. The van der Waals surface area contributed by atoms with Crippen molar-refractivity contribution in [1.82, 2.24) is 0 Å². The molecule has 0 spiro atoms. The van der Waals surface area contributed by atoms with Crippen molar-refractivity contribution in [3.05, 3.63) is 118 Å². The first-order valence-electron chi connectivity index (χ1n) is 17.0. The molecule has 0 aliphatic heterocycles. The fourth-order valence-electron chi connectivity index (χ4n) is 6.91. The Hall–Kier alpha value is -5.44. The van der Waals surface area contributed by atoms with Crippen LogP contribution < -0.4 is 28.4 Å². The molecule has 12 nitrogen and oxygen atoms in total. The van der Waals surface area contributed by atoms with Crippen LogP contribution in [0.2, 0.25) is 0 Å². The normalized spacial score (nSPS) is 18.4. The molecule has 1 aliphatic carbocycles. The van der Waals surface area contributed by atoms with E-state index in [1.54, 1.807) is 24.3 Å². The van der Waals surface area contributed by atoms with Gasteiger partial charge in [0.25, 0.3) is 19.7 Å². The number of sulfone groups is 2. The van der Waals surface area contributed by atoms with E-state index in [0.717, 1.165) is 0 Å². The SMILES string of the molecule is [C-]#[N+]C1(S(=O)(=O)c2ccc(OCC)cc2)Cc2cc(OC)cc(c2OC)CC([N+]#[C-])(S(=O)(=O)c2ccc(OCC)cc2)Cc2cc(OC)cc(c2OC)C1. The van der Waals surface area contributed by atoms with Crippen LogP contribution >= 0.6 is 0 Å². The molecule has 4 aromatic carbocycles. The van der Waals surface area contributed by atoms with Crippen LogP contribution in [0.1, 0.15) is 36.1 Å². The minimum atomic E-state index is -4.50. The highest BCUT2D eigenvalue weighted by Gasteiger charge is 2.56. The van der Waals surface area contributed by atoms with Crippen molar-refractivity contribution >= 4 is 19.7 Å². The van der Waals surface area contributed by atoms with Crippen LogP contribution in [0.3, 0.4) is 0 Å². The highest BCUT2D eigenvalue weighted by molar-refractivity contribution is 7.93. The number of hydrogen-bond donors (Lipinski definition) is 0. The summed E-state index contributed by atoms with van der Waals surface area (Å²) < 4.78 is 93.8. The van der Waals surface area contributed by atoms with E-state index in [4.69, 9.17) is 41.6 Å². The van der Waals surface area contributed by atoms with Gasteiger partial charge in [-0.25, -0.2) is 30.0 Å². The van der Waals surface area contributed by atoms with Crippen LogP contribution in [0.15, 0.2) is 82.6 Å². The standard InChI is InChI=1S/C40H42N2O10S2/c1-9-51-31-11-15-35(16-12-31)53(43,44)39(41-3)23-27-19-33(47-5)21-29(37(27)49-7)25-40(42-4,54(45,46)36-17-13-32(14-18-36)52-10-2)26-30-22-34(48-6)20-28(24-39)38(30)50-8/h11-22H,9-10,23-26H2,1-2,5-8H3. The molecular weight excluding hydrogens is 733 g/mol. The molecule has 4 bridgehead atoms. The second kappa shape index (κ2) is 15.9. The van der Waals surface area contributed by atoms with Crippen molar-refractivity contribution < 1.29 is 45.3 Å². The lowest BCUT2D eigenvalue weighted by Gasteiger charge is -2.29. The molecule has 0 atom stereocenters. The summed E-state index contributed by atoms with van der Waals surface area (Å²) >= 11 is 0. The molecule has 0 heterocycles. The van der Waals surface area contributed by atoms with Gasteiger partial charge in [-0.15, -0.1) is 0 Å². The molecule has 0 radical (unpaired) electrons. The Labute approximate surface area is 317 Å². The zero-order valence-corrected chi connectivity index (χ0v) is 32.6. The van der Waals surface area contributed by atoms with Gasteiger partial charge in [0.05, 0.1) is 77.1 Å². The molecular formula is C40H42N2O10S2. The number of hydrogen-bond acceptors (Lipinski definition) is 10. The minimum absolute atomic E-state index is 0.105. The third kappa shape index (κ3) is 7.11. The lowest BCUT2D eigenvalue weighted by Crippen LogP contribution is -2.42. The Bertz CT molecular complexity index is 2090. The summed E-state index contributed by atoms with van der Waals surface area (Å²) in [4.78, 5) is 3.22. The average Bonchev–Trinajstić information content (AvgIpc) is 3.17. The predicted octanol–water partition coefficient (Wildman–Crippen LogP) is 6.58. The monoisotopic (exact) mass is 774 g/mol. The van der Waals surface area contributed by atoms with Crippen LogP contribution in [0.5, 0.6) is 34.5 Å². The van der Waals surface area contributed by atoms with Gasteiger partial charge in [0.1, 0.15) is 34.5 Å². The number of ether oxygens (including phenoxy) is 6. The first kappa shape index (κ1) is 39.8. The number of methoxy groups -OCH3 is 4. The molecule has 14 heteroatoms. The molecule has 0 saturated carbocycles. The lowest BCUT2D eigenvalue weighted by atomic mass is 9.89. The predicted molar refractivity (Wildman–Crippen MR) is 202 cm³/mol. The first-order chi connectivity index (χ1) is 25.8. The van der Waals surface area contributed by atoms with E-state index in [2.05, 4.69) is 9.69 Å². The van der Waals surface area contributed by atoms with Crippen LogP contribution in [0.4, 0.5) is 0 Å². The largest absolute Gasteiger partial charge is 0.497 e. The second-order valence-electron chi connectivity index (χ2n) is 12.6. The Morgan fingerprint density at radius 3 is 1.04 bits per heavy atom. The van der Waals surface area contributed by atoms with E-state index in [1.807, 2.05) is 13.8 Å².